The molecule has 0 spiro atoms. The molecule has 0 saturated heterocycles. The first-order valence-electron chi connectivity index (χ1n) is 5.04. The topological polar surface area (TPSA) is 23.5 Å². The minimum Gasteiger partial charge on any atom is -0.391 e. The van der Waals surface area contributed by atoms with Crippen molar-refractivity contribution in [2.24, 2.45) is 0 Å². The van der Waals surface area contributed by atoms with E-state index in [9.17, 15) is 5.11 Å². The van der Waals surface area contributed by atoms with Gasteiger partial charge in [-0.05, 0) is 25.7 Å². The lowest BCUT2D eigenvalue weighted by atomic mass is 10.1. The summed E-state index contributed by atoms with van der Waals surface area (Å²) >= 11 is 5.98. The van der Waals surface area contributed by atoms with Crippen LogP contribution in [0.5, 0.6) is 0 Å². The van der Waals surface area contributed by atoms with Crippen molar-refractivity contribution < 1.29 is 5.11 Å². The smallest absolute Gasteiger partial charge is 0.0695 e. The van der Waals surface area contributed by atoms with Gasteiger partial charge in [0, 0.05) is 24.2 Å². The molecule has 0 aromatic rings. The molecule has 0 amide bonds. The van der Waals surface area contributed by atoms with Gasteiger partial charge in [-0.1, -0.05) is 17.7 Å². The highest BCUT2D eigenvalue weighted by molar-refractivity contribution is 6.29. The van der Waals surface area contributed by atoms with Crippen molar-refractivity contribution in [2.75, 3.05) is 13.1 Å². The molecule has 1 aliphatic carbocycles. The SMILES string of the molecule is O[C@@H]1CCC[C@H]1N1CCC=C(Cl)C1. The summed E-state index contributed by atoms with van der Waals surface area (Å²) in [6, 6.07) is 0.363. The summed E-state index contributed by atoms with van der Waals surface area (Å²) in [5.74, 6) is 0. The van der Waals surface area contributed by atoms with E-state index in [1.807, 2.05) is 0 Å². The molecule has 0 radical (unpaired) electrons. The fraction of sp³-hybridized carbons (Fsp3) is 0.800. The molecule has 2 aliphatic rings. The van der Waals surface area contributed by atoms with Crippen molar-refractivity contribution in [3.8, 4) is 0 Å². The lowest BCUT2D eigenvalue weighted by Gasteiger charge is -2.32. The van der Waals surface area contributed by atoms with E-state index < -0.39 is 0 Å². The largest absolute Gasteiger partial charge is 0.391 e. The van der Waals surface area contributed by atoms with E-state index in [2.05, 4.69) is 11.0 Å². The standard InChI is InChI=1S/C10H16ClNO/c11-8-3-2-6-12(7-8)9-4-1-5-10(9)13/h3,9-10,13H,1-2,4-7H2/t9-,10-/m1/s1. The zero-order chi connectivity index (χ0) is 9.26. The maximum atomic E-state index is 9.72. The molecule has 1 aliphatic heterocycles. The molecule has 1 saturated carbocycles. The zero-order valence-corrected chi connectivity index (χ0v) is 8.50. The van der Waals surface area contributed by atoms with Crippen LogP contribution in [0.1, 0.15) is 25.7 Å². The molecule has 1 N–H and O–H groups in total. The van der Waals surface area contributed by atoms with Gasteiger partial charge in [-0.3, -0.25) is 4.90 Å². The maximum Gasteiger partial charge on any atom is 0.0695 e. The van der Waals surface area contributed by atoms with E-state index >= 15 is 0 Å². The van der Waals surface area contributed by atoms with Gasteiger partial charge in [0.05, 0.1) is 6.10 Å². The number of hydrogen-bond donors (Lipinski definition) is 1. The minimum atomic E-state index is -0.123. The predicted octanol–water partition coefficient (Wildman–Crippen LogP) is 1.73. The van der Waals surface area contributed by atoms with Gasteiger partial charge in [-0.25, -0.2) is 0 Å². The second kappa shape index (κ2) is 3.99. The van der Waals surface area contributed by atoms with E-state index in [0.717, 1.165) is 43.8 Å². The molecule has 0 aromatic heterocycles. The number of rotatable bonds is 1. The molecule has 1 fully saturated rings. The van der Waals surface area contributed by atoms with Crippen LogP contribution in [-0.2, 0) is 0 Å². The highest BCUT2D eigenvalue weighted by atomic mass is 35.5. The van der Waals surface area contributed by atoms with E-state index in [-0.39, 0.29) is 6.10 Å². The number of halogens is 1. The van der Waals surface area contributed by atoms with Gasteiger partial charge in [-0.15, -0.1) is 0 Å². The van der Waals surface area contributed by atoms with Crippen LogP contribution >= 0.6 is 11.6 Å². The molecule has 2 nitrogen and oxygen atoms in total. The fourth-order valence-electron chi connectivity index (χ4n) is 2.35. The van der Waals surface area contributed by atoms with Gasteiger partial charge < -0.3 is 5.11 Å². The van der Waals surface area contributed by atoms with Crippen molar-refractivity contribution >= 4 is 11.6 Å². The first-order chi connectivity index (χ1) is 6.27. The Kier molecular flexibility index (Phi) is 2.92. The second-order valence-corrected chi connectivity index (χ2v) is 4.46. The minimum absolute atomic E-state index is 0.123. The predicted molar refractivity (Wildman–Crippen MR) is 53.8 cm³/mol. The van der Waals surface area contributed by atoms with Gasteiger partial charge in [-0.2, -0.15) is 0 Å². The van der Waals surface area contributed by atoms with Gasteiger partial charge in [0.15, 0.2) is 0 Å². The van der Waals surface area contributed by atoms with E-state index in [4.69, 9.17) is 11.6 Å². The lowest BCUT2D eigenvalue weighted by Crippen LogP contribution is -2.42. The number of aliphatic hydroxyl groups is 1. The summed E-state index contributed by atoms with van der Waals surface area (Å²) in [6.07, 6.45) is 6.24. The average molecular weight is 202 g/mol. The Balaban J connectivity index is 1.97. The Morgan fingerprint density at radius 3 is 2.92 bits per heavy atom. The summed E-state index contributed by atoms with van der Waals surface area (Å²) in [7, 11) is 0. The van der Waals surface area contributed by atoms with Crippen LogP contribution < -0.4 is 0 Å². The molecule has 0 unspecified atom stereocenters. The summed E-state index contributed by atoms with van der Waals surface area (Å²) in [5, 5.41) is 10.7. The number of nitrogens with zero attached hydrogens (tertiary/aromatic N) is 1. The van der Waals surface area contributed by atoms with Gasteiger partial charge in [0.1, 0.15) is 0 Å². The number of aliphatic hydroxyl groups excluding tert-OH is 1. The highest BCUT2D eigenvalue weighted by Gasteiger charge is 2.31. The third-order valence-electron chi connectivity index (χ3n) is 3.05. The van der Waals surface area contributed by atoms with E-state index in [1.54, 1.807) is 0 Å². The van der Waals surface area contributed by atoms with Gasteiger partial charge in [0.2, 0.25) is 0 Å². The van der Waals surface area contributed by atoms with E-state index in [1.165, 1.54) is 0 Å². The van der Waals surface area contributed by atoms with Crippen LogP contribution in [-0.4, -0.2) is 35.2 Å². The van der Waals surface area contributed by atoms with Crippen LogP contribution in [0.2, 0.25) is 0 Å². The summed E-state index contributed by atoms with van der Waals surface area (Å²) in [5.41, 5.74) is 0. The number of hydrogen-bond acceptors (Lipinski definition) is 2. The Labute approximate surface area is 84.2 Å². The molecule has 3 heteroatoms. The van der Waals surface area contributed by atoms with Crippen LogP contribution in [0.3, 0.4) is 0 Å². The molecule has 13 heavy (non-hydrogen) atoms. The van der Waals surface area contributed by atoms with Crippen molar-refractivity contribution in [3.05, 3.63) is 11.1 Å². The maximum absolute atomic E-state index is 9.72. The molecule has 1 heterocycles. The van der Waals surface area contributed by atoms with Crippen LogP contribution in [0.4, 0.5) is 0 Å². The third kappa shape index (κ3) is 2.06. The van der Waals surface area contributed by atoms with E-state index in [0.29, 0.717) is 6.04 Å². The molecular weight excluding hydrogens is 186 g/mol. The first kappa shape index (κ1) is 9.50. The molecular formula is C10H16ClNO. The Bertz CT molecular complexity index is 217. The summed E-state index contributed by atoms with van der Waals surface area (Å²) < 4.78 is 0. The van der Waals surface area contributed by atoms with Crippen molar-refractivity contribution in [3.63, 3.8) is 0 Å². The molecule has 2 atom stereocenters. The summed E-state index contributed by atoms with van der Waals surface area (Å²) in [4.78, 5) is 2.32. The summed E-state index contributed by atoms with van der Waals surface area (Å²) in [6.45, 7) is 1.89. The Morgan fingerprint density at radius 1 is 1.46 bits per heavy atom. The first-order valence-corrected chi connectivity index (χ1v) is 5.42. The molecule has 0 aromatic carbocycles. The molecule has 0 bridgehead atoms. The monoisotopic (exact) mass is 201 g/mol. The normalized spacial score (nSPS) is 36.3. The van der Waals surface area contributed by atoms with Crippen LogP contribution in [0.15, 0.2) is 11.1 Å². The lowest BCUT2D eigenvalue weighted by molar-refractivity contribution is 0.0758. The Hall–Kier alpha value is -0.0500. The average Bonchev–Trinajstić information content (AvgIpc) is 2.51. The van der Waals surface area contributed by atoms with Crippen molar-refractivity contribution in [1.82, 2.24) is 4.90 Å². The van der Waals surface area contributed by atoms with Gasteiger partial charge in [0.25, 0.3) is 0 Å². The highest BCUT2D eigenvalue weighted by Crippen LogP contribution is 2.27. The van der Waals surface area contributed by atoms with Gasteiger partial charge >= 0.3 is 0 Å². The fourth-order valence-corrected chi connectivity index (χ4v) is 2.62. The Morgan fingerprint density at radius 2 is 2.31 bits per heavy atom. The van der Waals surface area contributed by atoms with Crippen LogP contribution in [0, 0.1) is 0 Å². The van der Waals surface area contributed by atoms with Crippen LogP contribution in [0.25, 0.3) is 0 Å². The molecule has 2 rings (SSSR count). The van der Waals surface area contributed by atoms with Crippen molar-refractivity contribution in [2.45, 2.75) is 37.8 Å². The second-order valence-electron chi connectivity index (χ2n) is 3.98. The quantitative estimate of drug-likeness (QED) is 0.699. The van der Waals surface area contributed by atoms with Crippen molar-refractivity contribution in [1.29, 1.82) is 0 Å². The molecule has 74 valence electrons. The third-order valence-corrected chi connectivity index (χ3v) is 3.32. The zero-order valence-electron chi connectivity index (χ0n) is 7.75.